The second-order valence-electron chi connectivity index (χ2n) is 4.52. The number of nitrogen functional groups attached to an aromatic ring is 1. The fraction of sp³-hybridized carbons (Fsp3) is 0.133. The van der Waals surface area contributed by atoms with Crippen molar-refractivity contribution in [2.45, 2.75) is 13.3 Å². The lowest BCUT2D eigenvalue weighted by Gasteiger charge is -2.01. The zero-order valence-corrected chi connectivity index (χ0v) is 13.0. The van der Waals surface area contributed by atoms with Crippen molar-refractivity contribution >= 4 is 21.6 Å². The Bertz CT molecular complexity index is 785. The van der Waals surface area contributed by atoms with E-state index in [2.05, 4.69) is 38.0 Å². The molecule has 0 fully saturated rings. The van der Waals surface area contributed by atoms with E-state index in [1.165, 1.54) is 0 Å². The smallest absolute Gasteiger partial charge is 0.258 e. The van der Waals surface area contributed by atoms with Gasteiger partial charge in [0.05, 0.1) is 0 Å². The first-order chi connectivity index (χ1) is 10.2. The van der Waals surface area contributed by atoms with Crippen LogP contribution in [-0.4, -0.2) is 15.1 Å². The molecule has 3 rings (SSSR count). The number of aryl methyl sites for hydroxylation is 1. The molecule has 0 saturated carbocycles. The lowest BCUT2D eigenvalue weighted by atomic mass is 10.1. The van der Waals surface area contributed by atoms with Crippen molar-refractivity contribution in [2.24, 2.45) is 0 Å². The van der Waals surface area contributed by atoms with Crippen molar-refractivity contribution in [3.05, 3.63) is 46.6 Å². The van der Waals surface area contributed by atoms with Gasteiger partial charge < -0.3 is 10.3 Å². The van der Waals surface area contributed by atoms with Crippen LogP contribution >= 0.6 is 15.9 Å². The zero-order chi connectivity index (χ0) is 14.8. The normalized spacial score (nSPS) is 10.8. The van der Waals surface area contributed by atoms with Crippen LogP contribution in [0.1, 0.15) is 12.5 Å². The molecule has 0 unspecified atom stereocenters. The molecule has 106 valence electrons. The Morgan fingerprint density at radius 2 is 2.14 bits per heavy atom. The maximum atomic E-state index is 5.87. The molecule has 2 heterocycles. The van der Waals surface area contributed by atoms with E-state index in [0.717, 1.165) is 27.7 Å². The molecule has 3 aromatic rings. The molecule has 6 heteroatoms. The van der Waals surface area contributed by atoms with Crippen LogP contribution in [0.2, 0.25) is 0 Å². The van der Waals surface area contributed by atoms with E-state index in [4.69, 9.17) is 10.3 Å². The molecule has 0 aliphatic carbocycles. The SMILES string of the molecule is CCc1cccnc1-c1noc(-c2ccc(Br)c(N)c2)n1. The monoisotopic (exact) mass is 344 g/mol. The summed E-state index contributed by atoms with van der Waals surface area (Å²) >= 11 is 3.36. The van der Waals surface area contributed by atoms with Gasteiger partial charge in [-0.1, -0.05) is 18.1 Å². The van der Waals surface area contributed by atoms with Crippen LogP contribution in [-0.2, 0) is 6.42 Å². The van der Waals surface area contributed by atoms with Crippen LogP contribution in [0.25, 0.3) is 23.0 Å². The number of halogens is 1. The predicted octanol–water partition coefficient (Wildman–Crippen LogP) is 3.71. The molecular formula is C15H13BrN4O. The van der Waals surface area contributed by atoms with Crippen LogP contribution in [0.5, 0.6) is 0 Å². The van der Waals surface area contributed by atoms with Gasteiger partial charge in [-0.25, -0.2) is 0 Å². The number of anilines is 1. The molecule has 1 aromatic carbocycles. The maximum Gasteiger partial charge on any atom is 0.258 e. The van der Waals surface area contributed by atoms with Gasteiger partial charge in [0.15, 0.2) is 0 Å². The second kappa shape index (κ2) is 5.65. The summed E-state index contributed by atoms with van der Waals surface area (Å²) in [4.78, 5) is 8.76. The Balaban J connectivity index is 2.01. The van der Waals surface area contributed by atoms with Crippen LogP contribution in [0.3, 0.4) is 0 Å². The van der Waals surface area contributed by atoms with Gasteiger partial charge in [0.1, 0.15) is 5.69 Å². The van der Waals surface area contributed by atoms with E-state index in [1.807, 2.05) is 24.3 Å². The summed E-state index contributed by atoms with van der Waals surface area (Å²) in [6, 6.07) is 9.43. The van der Waals surface area contributed by atoms with Gasteiger partial charge in [-0.05, 0) is 52.2 Å². The molecule has 0 bridgehead atoms. The number of hydrogen-bond donors (Lipinski definition) is 1. The highest BCUT2D eigenvalue weighted by Crippen LogP contribution is 2.28. The highest BCUT2D eigenvalue weighted by molar-refractivity contribution is 9.10. The number of rotatable bonds is 3. The molecule has 0 amide bonds. The number of pyridine rings is 1. The molecule has 2 N–H and O–H groups in total. The van der Waals surface area contributed by atoms with Crippen molar-refractivity contribution < 1.29 is 4.52 Å². The quantitative estimate of drug-likeness (QED) is 0.732. The average molecular weight is 345 g/mol. The van der Waals surface area contributed by atoms with Crippen molar-refractivity contribution in [3.63, 3.8) is 0 Å². The fourth-order valence-electron chi connectivity index (χ4n) is 2.04. The largest absolute Gasteiger partial charge is 0.398 e. The third-order valence-electron chi connectivity index (χ3n) is 3.15. The molecule has 0 atom stereocenters. The predicted molar refractivity (Wildman–Crippen MR) is 84.5 cm³/mol. The molecule has 21 heavy (non-hydrogen) atoms. The van der Waals surface area contributed by atoms with E-state index < -0.39 is 0 Å². The van der Waals surface area contributed by atoms with Gasteiger partial charge in [-0.2, -0.15) is 4.98 Å². The molecule has 0 saturated heterocycles. The van der Waals surface area contributed by atoms with Gasteiger partial charge >= 0.3 is 0 Å². The van der Waals surface area contributed by atoms with Crippen LogP contribution in [0.15, 0.2) is 45.5 Å². The first-order valence-corrected chi connectivity index (χ1v) is 7.31. The molecule has 0 aliphatic rings. The third kappa shape index (κ3) is 2.67. The summed E-state index contributed by atoms with van der Waals surface area (Å²) in [6.45, 7) is 2.07. The average Bonchev–Trinajstić information content (AvgIpc) is 2.99. The Morgan fingerprint density at radius 3 is 2.90 bits per heavy atom. The summed E-state index contributed by atoms with van der Waals surface area (Å²) in [5, 5.41) is 4.02. The minimum atomic E-state index is 0.428. The summed E-state index contributed by atoms with van der Waals surface area (Å²) in [6.07, 6.45) is 2.58. The maximum absolute atomic E-state index is 5.87. The van der Waals surface area contributed by atoms with Crippen LogP contribution in [0, 0.1) is 0 Å². The third-order valence-corrected chi connectivity index (χ3v) is 3.88. The Morgan fingerprint density at radius 1 is 1.29 bits per heavy atom. The van der Waals surface area contributed by atoms with Gasteiger partial charge in [-0.3, -0.25) is 4.98 Å². The van der Waals surface area contributed by atoms with Crippen molar-refractivity contribution in [2.75, 3.05) is 5.73 Å². The molecular weight excluding hydrogens is 332 g/mol. The second-order valence-corrected chi connectivity index (χ2v) is 5.38. The lowest BCUT2D eigenvalue weighted by molar-refractivity contribution is 0.432. The first-order valence-electron chi connectivity index (χ1n) is 6.52. The lowest BCUT2D eigenvalue weighted by Crippen LogP contribution is -1.92. The highest BCUT2D eigenvalue weighted by atomic mass is 79.9. The standard InChI is InChI=1S/C15H13BrN4O/c1-2-9-4-3-7-18-13(9)14-19-15(21-20-14)10-5-6-11(16)12(17)8-10/h3-8H,2,17H2,1H3. The van der Waals surface area contributed by atoms with E-state index in [0.29, 0.717) is 17.4 Å². The molecule has 2 aromatic heterocycles. The number of aromatic nitrogens is 3. The van der Waals surface area contributed by atoms with Crippen LogP contribution in [0.4, 0.5) is 5.69 Å². The Labute approximate surface area is 130 Å². The van der Waals surface area contributed by atoms with E-state index in [-0.39, 0.29) is 0 Å². The summed E-state index contributed by atoms with van der Waals surface area (Å²) in [5.74, 6) is 0.917. The highest BCUT2D eigenvalue weighted by Gasteiger charge is 2.14. The fourth-order valence-corrected chi connectivity index (χ4v) is 2.29. The topological polar surface area (TPSA) is 77.8 Å². The zero-order valence-electron chi connectivity index (χ0n) is 11.4. The molecule has 0 spiro atoms. The molecule has 0 aliphatic heterocycles. The van der Waals surface area contributed by atoms with E-state index in [9.17, 15) is 0 Å². The Kier molecular flexibility index (Phi) is 3.70. The van der Waals surface area contributed by atoms with E-state index in [1.54, 1.807) is 12.3 Å². The number of nitrogens with zero attached hydrogens (tertiary/aromatic N) is 3. The first kappa shape index (κ1) is 13.8. The Hall–Kier alpha value is -2.21. The van der Waals surface area contributed by atoms with Gasteiger partial charge in [-0.15, -0.1) is 0 Å². The van der Waals surface area contributed by atoms with Crippen LogP contribution < -0.4 is 5.73 Å². The van der Waals surface area contributed by atoms with Gasteiger partial charge in [0, 0.05) is 21.9 Å². The van der Waals surface area contributed by atoms with Crippen molar-refractivity contribution in [1.82, 2.24) is 15.1 Å². The summed E-state index contributed by atoms with van der Waals surface area (Å²) in [7, 11) is 0. The molecule has 5 nitrogen and oxygen atoms in total. The van der Waals surface area contributed by atoms with Gasteiger partial charge in [0.25, 0.3) is 5.89 Å². The summed E-state index contributed by atoms with van der Waals surface area (Å²) in [5.41, 5.74) is 9.11. The number of benzene rings is 1. The minimum absolute atomic E-state index is 0.428. The van der Waals surface area contributed by atoms with Crippen molar-refractivity contribution in [3.8, 4) is 23.0 Å². The number of hydrogen-bond acceptors (Lipinski definition) is 5. The minimum Gasteiger partial charge on any atom is -0.398 e. The van der Waals surface area contributed by atoms with E-state index >= 15 is 0 Å². The van der Waals surface area contributed by atoms with Crippen molar-refractivity contribution in [1.29, 1.82) is 0 Å². The number of nitrogens with two attached hydrogens (primary N) is 1. The van der Waals surface area contributed by atoms with Gasteiger partial charge in [0.2, 0.25) is 5.82 Å². The summed E-state index contributed by atoms with van der Waals surface area (Å²) < 4.78 is 6.16. The molecule has 0 radical (unpaired) electrons.